The van der Waals surface area contributed by atoms with Gasteiger partial charge in [0.2, 0.25) is 0 Å². The highest BCUT2D eigenvalue weighted by molar-refractivity contribution is 8.01. The second-order valence-corrected chi connectivity index (χ2v) is 10.1. The Hall–Kier alpha value is -4.09. The van der Waals surface area contributed by atoms with Crippen LogP contribution in [0.1, 0.15) is 0 Å². The molecule has 0 N–H and O–H groups in total. The number of rotatable bonds is 5. The fourth-order valence-corrected chi connectivity index (χ4v) is 7.89. The topological polar surface area (TPSA) is 109 Å². The average molecular weight is 446 g/mol. The fourth-order valence-electron chi connectivity index (χ4n) is 3.65. The quantitative estimate of drug-likeness (QED) is 0.262. The molecule has 0 saturated heterocycles. The lowest BCUT2D eigenvalue weighted by molar-refractivity contribution is -0.402. The van der Waals surface area contributed by atoms with Crippen LogP contribution < -0.4 is 21.2 Å². The highest BCUT2D eigenvalue weighted by Crippen LogP contribution is 2.54. The van der Waals surface area contributed by atoms with Crippen LogP contribution >= 0.6 is 7.26 Å². The Labute approximate surface area is 185 Å². The van der Waals surface area contributed by atoms with E-state index in [0.717, 1.165) is 5.30 Å². The van der Waals surface area contributed by atoms with E-state index in [2.05, 4.69) is 72.8 Å². The minimum absolute atomic E-state index is 0.107. The van der Waals surface area contributed by atoms with Crippen LogP contribution in [0, 0.1) is 25.4 Å². The highest BCUT2D eigenvalue weighted by atomic mass is 31.2. The summed E-state index contributed by atoms with van der Waals surface area (Å²) < 4.78 is 0. The van der Waals surface area contributed by atoms with Gasteiger partial charge in [-0.3, -0.25) is 10.1 Å². The molecular weight excluding hydrogens is 427 g/mol. The zero-order chi connectivity index (χ0) is 23.0. The van der Waals surface area contributed by atoms with Gasteiger partial charge in [0.25, 0.3) is 5.69 Å². The molecule has 0 aromatic heterocycles. The molecule has 0 amide bonds. The molecule has 8 heteroatoms. The molecule has 0 aliphatic carbocycles. The Morgan fingerprint density at radius 1 is 0.469 bits per heavy atom. The maximum atomic E-state index is 11.2. The molecule has 0 aliphatic heterocycles. The molecule has 0 radical (unpaired) electrons. The van der Waals surface area contributed by atoms with Crippen LogP contribution in [0.25, 0.3) is 0 Å². The minimum atomic E-state index is -2.18. The van der Waals surface area contributed by atoms with E-state index in [0.29, 0.717) is 0 Å². The van der Waals surface area contributed by atoms with Crippen LogP contribution in [-0.2, 0) is 0 Å². The third-order valence-corrected chi connectivity index (χ3v) is 9.17. The molecule has 4 aromatic carbocycles. The van der Waals surface area contributed by atoms with E-state index in [-0.39, 0.29) is 10.6 Å². The van der Waals surface area contributed by atoms with Crippen molar-refractivity contribution in [3.63, 3.8) is 0 Å². The average Bonchev–Trinajstić information content (AvgIpc) is 2.82. The highest BCUT2D eigenvalue weighted by Gasteiger charge is 2.47. The van der Waals surface area contributed by atoms with Gasteiger partial charge in [0.05, 0.1) is 10.0 Å². The summed E-state index contributed by atoms with van der Waals surface area (Å²) in [6.07, 6.45) is 0. The summed E-state index contributed by atoms with van der Waals surface area (Å²) >= 11 is 0. The monoisotopic (exact) mass is 446 g/mol. The van der Waals surface area contributed by atoms with Crippen molar-refractivity contribution >= 4 is 34.2 Å². The van der Waals surface area contributed by atoms with Crippen molar-refractivity contribution in [1.29, 1.82) is 0 Å². The SMILES string of the molecule is O=[N+]([O-])[O-].O=[N+]([O-])c1ccc([P+](c2ccccc2)(c2ccccc2)c2ccccc2)cc1. The van der Waals surface area contributed by atoms with Crippen LogP contribution in [0.4, 0.5) is 5.69 Å². The summed E-state index contributed by atoms with van der Waals surface area (Å²) in [5.74, 6) is 0. The summed E-state index contributed by atoms with van der Waals surface area (Å²) in [7, 11) is -2.18. The number of benzene rings is 4. The Kier molecular flexibility index (Phi) is 7.26. The van der Waals surface area contributed by atoms with Crippen molar-refractivity contribution in [2.45, 2.75) is 0 Å². The van der Waals surface area contributed by atoms with E-state index in [1.54, 1.807) is 12.1 Å². The van der Waals surface area contributed by atoms with Gasteiger partial charge in [-0.15, -0.1) is 0 Å². The Morgan fingerprint density at radius 3 is 1.03 bits per heavy atom. The molecule has 0 unspecified atom stereocenters. The number of non-ortho nitro benzene ring substituents is 1. The van der Waals surface area contributed by atoms with Crippen LogP contribution in [0.3, 0.4) is 0 Å². The predicted molar refractivity (Wildman–Crippen MR) is 128 cm³/mol. The zero-order valence-corrected chi connectivity index (χ0v) is 17.7. The Morgan fingerprint density at radius 2 is 0.750 bits per heavy atom. The smallest absolute Gasteiger partial charge is 0.269 e. The normalized spacial score (nSPS) is 10.5. The first-order valence-corrected chi connectivity index (χ1v) is 11.4. The lowest BCUT2D eigenvalue weighted by Crippen LogP contribution is -2.38. The van der Waals surface area contributed by atoms with Crippen LogP contribution in [0.2, 0.25) is 0 Å². The molecule has 0 fully saturated rings. The third-order valence-electron chi connectivity index (χ3n) is 4.88. The summed E-state index contributed by atoms with van der Waals surface area (Å²) in [6, 6.07) is 38.4. The van der Waals surface area contributed by atoms with E-state index in [4.69, 9.17) is 15.3 Å². The molecule has 0 aliphatic rings. The third kappa shape index (κ3) is 4.79. The molecule has 0 heterocycles. The van der Waals surface area contributed by atoms with E-state index in [1.165, 1.54) is 15.9 Å². The zero-order valence-electron chi connectivity index (χ0n) is 16.9. The van der Waals surface area contributed by atoms with Gasteiger partial charge in [0.1, 0.15) is 28.5 Å². The van der Waals surface area contributed by atoms with E-state index in [9.17, 15) is 10.1 Å². The van der Waals surface area contributed by atoms with Crippen molar-refractivity contribution in [3.8, 4) is 0 Å². The Bertz CT molecular complexity index is 1070. The molecule has 32 heavy (non-hydrogen) atoms. The number of nitrogens with zero attached hydrogens (tertiary/aromatic N) is 2. The van der Waals surface area contributed by atoms with Crippen molar-refractivity contribution in [3.05, 3.63) is 141 Å². The van der Waals surface area contributed by atoms with Gasteiger partial charge in [-0.1, -0.05) is 54.6 Å². The van der Waals surface area contributed by atoms with Crippen molar-refractivity contribution in [2.24, 2.45) is 0 Å². The minimum Gasteiger partial charge on any atom is -0.356 e. The van der Waals surface area contributed by atoms with Gasteiger partial charge in [-0.25, -0.2) is 0 Å². The second-order valence-electron chi connectivity index (χ2n) is 6.67. The molecule has 7 nitrogen and oxygen atoms in total. The first-order chi connectivity index (χ1) is 15.5. The molecule has 160 valence electrons. The van der Waals surface area contributed by atoms with Crippen LogP contribution in [0.5, 0.6) is 0 Å². The molecular formula is C24H19N2O5P. The van der Waals surface area contributed by atoms with E-state index < -0.39 is 12.3 Å². The van der Waals surface area contributed by atoms with Crippen LogP contribution in [0.15, 0.2) is 115 Å². The number of hydrogen-bond acceptors (Lipinski definition) is 5. The summed E-state index contributed by atoms with van der Waals surface area (Å²) in [6.45, 7) is 0. The number of hydrogen-bond donors (Lipinski definition) is 0. The van der Waals surface area contributed by atoms with Gasteiger partial charge in [0.15, 0.2) is 0 Å². The number of nitro groups is 1. The lowest BCUT2D eigenvalue weighted by Gasteiger charge is -2.27. The first-order valence-electron chi connectivity index (χ1n) is 9.58. The van der Waals surface area contributed by atoms with Gasteiger partial charge in [0, 0.05) is 12.1 Å². The van der Waals surface area contributed by atoms with Gasteiger partial charge in [-0.2, -0.15) is 0 Å². The molecule has 0 atom stereocenters. The summed E-state index contributed by atoms with van der Waals surface area (Å²) in [5.41, 5.74) is 0.107. The first kappa shape index (κ1) is 22.6. The summed E-state index contributed by atoms with van der Waals surface area (Å²) in [5, 5.41) is 30.7. The molecule has 0 spiro atoms. The lowest BCUT2D eigenvalue weighted by atomic mass is 10.3. The second kappa shape index (κ2) is 10.3. The predicted octanol–water partition coefficient (Wildman–Crippen LogP) is 3.98. The maximum Gasteiger partial charge on any atom is 0.269 e. The van der Waals surface area contributed by atoms with Crippen molar-refractivity contribution in [2.75, 3.05) is 0 Å². The maximum absolute atomic E-state index is 11.2. The van der Waals surface area contributed by atoms with E-state index in [1.807, 2.05) is 30.3 Å². The molecule has 0 saturated carbocycles. The largest absolute Gasteiger partial charge is 0.356 e. The van der Waals surface area contributed by atoms with Crippen molar-refractivity contribution in [1.82, 2.24) is 0 Å². The van der Waals surface area contributed by atoms with Gasteiger partial charge >= 0.3 is 0 Å². The molecule has 4 aromatic rings. The van der Waals surface area contributed by atoms with Gasteiger partial charge in [-0.05, 0) is 48.5 Å². The van der Waals surface area contributed by atoms with Crippen LogP contribution in [-0.4, -0.2) is 10.0 Å². The summed E-state index contributed by atoms with van der Waals surface area (Å²) in [4.78, 5) is 19.1. The molecule has 4 rings (SSSR count). The van der Waals surface area contributed by atoms with Gasteiger partial charge < -0.3 is 15.3 Å². The standard InChI is InChI=1S/C24H19NO2P.NO3/c26-25(27)20-16-18-24(19-17-20)28(21-10-4-1-5-11-21,22-12-6-2-7-13-22)23-14-8-3-9-15-23;2-1(3)4/h1-19H;/q+1;-1. The van der Waals surface area contributed by atoms with Crippen molar-refractivity contribution < 1.29 is 10.0 Å². The fraction of sp³-hybridized carbons (Fsp3) is 0. The van der Waals surface area contributed by atoms with E-state index >= 15 is 0 Å². The Balaban J connectivity index is 0.000000668. The molecule has 0 bridgehead atoms. The number of nitro benzene ring substituents is 1.